The Labute approximate surface area is 102 Å². The van der Waals surface area contributed by atoms with Crippen molar-refractivity contribution in [1.29, 1.82) is 0 Å². The van der Waals surface area contributed by atoms with Gasteiger partial charge >= 0.3 is 12.2 Å². The Hall–Kier alpha value is -0.570. The Kier molecular flexibility index (Phi) is 4.14. The fourth-order valence-electron chi connectivity index (χ4n) is 0.924. The molecule has 0 unspecified atom stereocenters. The van der Waals surface area contributed by atoms with E-state index >= 15 is 0 Å². The van der Waals surface area contributed by atoms with Gasteiger partial charge < -0.3 is 10.1 Å². The van der Waals surface area contributed by atoms with E-state index in [1.165, 1.54) is 0 Å². The first kappa shape index (κ1) is 12.5. The van der Waals surface area contributed by atoms with Crippen molar-refractivity contribution in [1.82, 2.24) is 4.98 Å². The monoisotopic (exact) mass is 348 g/mol. The molecule has 0 bridgehead atoms. The van der Waals surface area contributed by atoms with E-state index in [0.717, 1.165) is 6.07 Å². The number of hydrogen-bond donors (Lipinski definition) is 0. The number of nitro groups is 1. The first-order valence-corrected chi connectivity index (χ1v) is 5.26. The number of alkyl halides is 3. The van der Waals surface area contributed by atoms with Crippen LogP contribution in [0.3, 0.4) is 0 Å². The van der Waals surface area contributed by atoms with E-state index in [2.05, 4.69) is 4.98 Å². The average Bonchev–Trinajstić information content (AvgIpc) is 2.17. The van der Waals surface area contributed by atoms with Crippen LogP contribution < -0.4 is 0 Å². The molecule has 1 rings (SSSR count). The SMILES string of the molecule is O=[N+]([O-])c1cc(CCl)c(I)c(C(F)F)n1. The van der Waals surface area contributed by atoms with Crippen LogP contribution in [0.1, 0.15) is 17.7 Å². The molecule has 0 atom stereocenters. The standard InChI is InChI=1S/C7H4ClF2IN2O2/c8-2-3-1-4(13(14)15)12-6(5(3)11)7(9)10/h1,7H,2H2. The molecule has 0 aromatic carbocycles. The van der Waals surface area contributed by atoms with E-state index in [4.69, 9.17) is 11.6 Å². The molecule has 0 aliphatic rings. The number of nitrogens with zero attached hydrogens (tertiary/aromatic N) is 2. The van der Waals surface area contributed by atoms with E-state index in [0.29, 0.717) is 0 Å². The van der Waals surface area contributed by atoms with Gasteiger partial charge in [0.15, 0.2) is 0 Å². The van der Waals surface area contributed by atoms with E-state index in [1.807, 2.05) is 0 Å². The van der Waals surface area contributed by atoms with Gasteiger partial charge in [0.25, 0.3) is 0 Å². The van der Waals surface area contributed by atoms with Gasteiger partial charge in [0.2, 0.25) is 5.69 Å². The number of hydrogen-bond acceptors (Lipinski definition) is 3. The van der Waals surface area contributed by atoms with Crippen molar-refractivity contribution in [3.05, 3.63) is 31.0 Å². The molecule has 8 heteroatoms. The van der Waals surface area contributed by atoms with Crippen molar-refractivity contribution in [3.8, 4) is 0 Å². The Bertz CT molecular complexity index is 403. The summed E-state index contributed by atoms with van der Waals surface area (Å²) in [5.41, 5.74) is -0.310. The summed E-state index contributed by atoms with van der Waals surface area (Å²) < 4.78 is 25.1. The first-order valence-electron chi connectivity index (χ1n) is 3.65. The summed E-state index contributed by atoms with van der Waals surface area (Å²) in [6.45, 7) is 0. The summed E-state index contributed by atoms with van der Waals surface area (Å²) in [6.07, 6.45) is -2.85. The molecule has 0 fully saturated rings. The second kappa shape index (κ2) is 4.97. The second-order valence-corrected chi connectivity index (χ2v) is 3.88. The summed E-state index contributed by atoms with van der Waals surface area (Å²) in [5, 5.41) is 10.4. The third-order valence-electron chi connectivity index (χ3n) is 1.58. The van der Waals surface area contributed by atoms with Gasteiger partial charge in [-0.05, 0) is 38.1 Å². The normalized spacial score (nSPS) is 10.7. The maximum atomic E-state index is 12.5. The van der Waals surface area contributed by atoms with Crippen LogP contribution >= 0.6 is 34.2 Å². The molecule has 0 N–H and O–H groups in total. The van der Waals surface area contributed by atoms with Crippen LogP contribution in [-0.2, 0) is 5.88 Å². The molecule has 1 aromatic rings. The number of halogens is 4. The Morgan fingerprint density at radius 2 is 2.27 bits per heavy atom. The lowest BCUT2D eigenvalue weighted by molar-refractivity contribution is -0.389. The maximum absolute atomic E-state index is 12.5. The first-order chi connectivity index (χ1) is 6.97. The van der Waals surface area contributed by atoms with Crippen molar-refractivity contribution in [2.45, 2.75) is 12.3 Å². The van der Waals surface area contributed by atoms with E-state index in [1.54, 1.807) is 22.6 Å². The zero-order chi connectivity index (χ0) is 11.6. The summed E-state index contributed by atoms with van der Waals surface area (Å²) in [6, 6.07) is 1.10. The zero-order valence-corrected chi connectivity index (χ0v) is 10.00. The lowest BCUT2D eigenvalue weighted by Gasteiger charge is -2.03. The van der Waals surface area contributed by atoms with E-state index in [-0.39, 0.29) is 15.0 Å². The molecule has 1 heterocycles. The van der Waals surface area contributed by atoms with Gasteiger partial charge in [0.1, 0.15) is 0 Å². The van der Waals surface area contributed by atoms with Gasteiger partial charge in [-0.2, -0.15) is 0 Å². The zero-order valence-electron chi connectivity index (χ0n) is 7.08. The highest BCUT2D eigenvalue weighted by molar-refractivity contribution is 14.1. The number of pyridine rings is 1. The summed E-state index contributed by atoms with van der Waals surface area (Å²) in [5.74, 6) is -0.678. The van der Waals surface area contributed by atoms with Gasteiger partial charge in [-0.25, -0.2) is 8.78 Å². The highest BCUT2D eigenvalue weighted by Crippen LogP contribution is 2.28. The smallest absolute Gasteiger partial charge is 0.358 e. The second-order valence-electron chi connectivity index (χ2n) is 2.53. The van der Waals surface area contributed by atoms with Crippen molar-refractivity contribution < 1.29 is 13.7 Å². The fourth-order valence-corrected chi connectivity index (χ4v) is 2.06. The predicted molar refractivity (Wildman–Crippen MR) is 58.1 cm³/mol. The van der Waals surface area contributed by atoms with Crippen LogP contribution in [0.5, 0.6) is 0 Å². The molecular formula is C7H4ClF2IN2O2. The van der Waals surface area contributed by atoms with Crippen LogP contribution in [0, 0.1) is 13.7 Å². The summed E-state index contributed by atoms with van der Waals surface area (Å²) in [4.78, 5) is 12.9. The molecule has 0 saturated carbocycles. The molecule has 0 amide bonds. The molecule has 15 heavy (non-hydrogen) atoms. The minimum atomic E-state index is -2.85. The highest BCUT2D eigenvalue weighted by atomic mass is 127. The molecule has 0 aliphatic carbocycles. The topological polar surface area (TPSA) is 56.0 Å². The van der Waals surface area contributed by atoms with Gasteiger partial charge in [-0.3, -0.25) is 0 Å². The maximum Gasteiger partial charge on any atom is 0.364 e. The number of rotatable bonds is 3. The molecule has 1 aromatic heterocycles. The quantitative estimate of drug-likeness (QED) is 0.365. The van der Waals surface area contributed by atoms with Crippen LogP contribution in [0.15, 0.2) is 6.07 Å². The molecule has 0 saturated heterocycles. The fraction of sp³-hybridized carbons (Fsp3) is 0.286. The molecule has 4 nitrogen and oxygen atoms in total. The molecule has 0 spiro atoms. The Balaban J connectivity index is 3.38. The molecule has 82 valence electrons. The van der Waals surface area contributed by atoms with E-state index in [9.17, 15) is 18.9 Å². The van der Waals surface area contributed by atoms with Gasteiger partial charge in [0.05, 0.1) is 3.57 Å². The Morgan fingerprint density at radius 3 is 2.67 bits per heavy atom. The van der Waals surface area contributed by atoms with E-state index < -0.39 is 22.9 Å². The molecule has 0 radical (unpaired) electrons. The third kappa shape index (κ3) is 2.71. The van der Waals surface area contributed by atoms with Crippen molar-refractivity contribution in [2.75, 3.05) is 0 Å². The molecule has 0 aliphatic heterocycles. The van der Waals surface area contributed by atoms with Gasteiger partial charge in [-0.15, -0.1) is 11.6 Å². The third-order valence-corrected chi connectivity index (χ3v) is 3.12. The molecular weight excluding hydrogens is 344 g/mol. The van der Waals surface area contributed by atoms with Crippen molar-refractivity contribution in [2.24, 2.45) is 0 Å². The van der Waals surface area contributed by atoms with Crippen LogP contribution in [0.2, 0.25) is 0 Å². The van der Waals surface area contributed by atoms with Crippen molar-refractivity contribution in [3.63, 3.8) is 0 Å². The minimum absolute atomic E-state index is 0.0681. The van der Waals surface area contributed by atoms with Gasteiger partial charge in [0, 0.05) is 11.9 Å². The number of aromatic nitrogens is 1. The van der Waals surface area contributed by atoms with Crippen LogP contribution in [-0.4, -0.2) is 9.91 Å². The lowest BCUT2D eigenvalue weighted by atomic mass is 10.2. The summed E-state index contributed by atoms with van der Waals surface area (Å²) >= 11 is 7.13. The lowest BCUT2D eigenvalue weighted by Crippen LogP contribution is -2.03. The average molecular weight is 348 g/mol. The predicted octanol–water partition coefficient (Wildman–Crippen LogP) is 3.27. The van der Waals surface area contributed by atoms with Crippen LogP contribution in [0.25, 0.3) is 0 Å². The van der Waals surface area contributed by atoms with Crippen LogP contribution in [0.4, 0.5) is 14.6 Å². The van der Waals surface area contributed by atoms with Gasteiger partial charge in [-0.1, -0.05) is 0 Å². The Morgan fingerprint density at radius 1 is 1.67 bits per heavy atom. The van der Waals surface area contributed by atoms with Crippen molar-refractivity contribution >= 4 is 40.0 Å². The largest absolute Gasteiger partial charge is 0.364 e. The minimum Gasteiger partial charge on any atom is -0.358 e. The highest BCUT2D eigenvalue weighted by Gasteiger charge is 2.25. The summed E-state index contributed by atoms with van der Waals surface area (Å²) in [7, 11) is 0.